The van der Waals surface area contributed by atoms with Crippen molar-refractivity contribution < 1.29 is 9.53 Å². The first-order valence-electron chi connectivity index (χ1n) is 8.41. The molecule has 1 heterocycles. The number of hydrogen-bond acceptors (Lipinski definition) is 3. The number of anilines is 1. The molecule has 0 unspecified atom stereocenters. The highest BCUT2D eigenvalue weighted by atomic mass is 35.5. The maximum Gasteiger partial charge on any atom is 0.262 e. The lowest BCUT2D eigenvalue weighted by Crippen LogP contribution is -2.22. The van der Waals surface area contributed by atoms with Gasteiger partial charge in [-0.05, 0) is 53.8 Å². The second-order valence-electron chi connectivity index (χ2n) is 7.35. The van der Waals surface area contributed by atoms with Gasteiger partial charge in [-0.2, -0.15) is 0 Å². The van der Waals surface area contributed by atoms with E-state index in [9.17, 15) is 4.79 Å². The molecule has 0 aliphatic rings. The predicted molar refractivity (Wildman–Crippen MR) is 105 cm³/mol. The number of carbonyl (C=O) groups is 1. The average molecular weight is 372 g/mol. The summed E-state index contributed by atoms with van der Waals surface area (Å²) in [6.07, 6.45) is 0. The molecule has 1 amide bonds. The Bertz CT molecular complexity index is 957. The molecule has 0 radical (unpaired) electrons. The largest absolute Gasteiger partial charge is 0.483 e. The summed E-state index contributed by atoms with van der Waals surface area (Å²) in [6, 6.07) is 11.4. The van der Waals surface area contributed by atoms with Crippen molar-refractivity contribution in [3.63, 3.8) is 0 Å². The number of nitrogens with one attached hydrogen (secondary N) is 2. The monoisotopic (exact) mass is 371 g/mol. The highest BCUT2D eigenvalue weighted by Crippen LogP contribution is 2.32. The number of imidazole rings is 1. The lowest BCUT2D eigenvalue weighted by atomic mass is 9.85. The Kier molecular flexibility index (Phi) is 4.92. The first-order chi connectivity index (χ1) is 12.2. The van der Waals surface area contributed by atoms with Crippen LogP contribution >= 0.6 is 11.6 Å². The van der Waals surface area contributed by atoms with Crippen molar-refractivity contribution in [3.05, 3.63) is 52.8 Å². The molecule has 6 heteroatoms. The molecule has 0 saturated carbocycles. The second kappa shape index (κ2) is 7.00. The zero-order valence-electron chi connectivity index (χ0n) is 15.3. The summed E-state index contributed by atoms with van der Waals surface area (Å²) >= 11 is 5.85. The minimum absolute atomic E-state index is 0.0616. The average Bonchev–Trinajstić information content (AvgIpc) is 2.92. The van der Waals surface area contributed by atoms with Crippen LogP contribution in [0.1, 0.15) is 31.9 Å². The molecule has 3 rings (SSSR count). The van der Waals surface area contributed by atoms with Crippen LogP contribution in [0, 0.1) is 6.92 Å². The van der Waals surface area contributed by atoms with Crippen LogP contribution in [0.2, 0.25) is 5.28 Å². The number of aromatic nitrogens is 2. The number of aromatic amines is 1. The van der Waals surface area contributed by atoms with Crippen molar-refractivity contribution in [2.24, 2.45) is 0 Å². The van der Waals surface area contributed by atoms with E-state index in [2.05, 4.69) is 42.1 Å². The number of hydrogen-bond donors (Lipinski definition) is 2. The summed E-state index contributed by atoms with van der Waals surface area (Å²) in [6.45, 7) is 8.36. The van der Waals surface area contributed by atoms with Crippen LogP contribution < -0.4 is 10.1 Å². The van der Waals surface area contributed by atoms with Gasteiger partial charge in [-0.25, -0.2) is 4.98 Å². The van der Waals surface area contributed by atoms with E-state index in [1.54, 1.807) is 18.2 Å². The van der Waals surface area contributed by atoms with Crippen molar-refractivity contribution in [3.8, 4) is 5.75 Å². The van der Waals surface area contributed by atoms with E-state index >= 15 is 0 Å². The van der Waals surface area contributed by atoms with Gasteiger partial charge in [-0.1, -0.05) is 38.5 Å². The van der Waals surface area contributed by atoms with E-state index in [-0.39, 0.29) is 17.9 Å². The molecular weight excluding hydrogens is 350 g/mol. The van der Waals surface area contributed by atoms with Crippen LogP contribution in [-0.2, 0) is 10.2 Å². The highest BCUT2D eigenvalue weighted by molar-refractivity contribution is 6.29. The molecule has 2 aromatic carbocycles. The smallest absolute Gasteiger partial charge is 0.262 e. The van der Waals surface area contributed by atoms with Crippen LogP contribution in [0.5, 0.6) is 5.75 Å². The van der Waals surface area contributed by atoms with Crippen LogP contribution in [-0.4, -0.2) is 22.5 Å². The molecule has 0 bridgehead atoms. The summed E-state index contributed by atoms with van der Waals surface area (Å²) in [5.41, 5.74) is 4.35. The van der Waals surface area contributed by atoms with Gasteiger partial charge in [0, 0.05) is 5.69 Å². The number of halogens is 1. The molecule has 0 aliphatic heterocycles. The van der Waals surface area contributed by atoms with Gasteiger partial charge >= 0.3 is 0 Å². The number of aryl methyl sites for hydroxylation is 1. The standard InChI is InChI=1S/C20H22ClN3O2/c1-12-5-8-17(14(9-12)20(2,3)4)26-11-18(25)22-13-6-7-15-16(10-13)24-19(21)23-15/h5-10H,11H2,1-4H3,(H,22,25)(H,23,24). The van der Waals surface area contributed by atoms with Gasteiger partial charge in [0.15, 0.2) is 6.61 Å². The zero-order chi connectivity index (χ0) is 18.9. The molecule has 0 spiro atoms. The third-order valence-electron chi connectivity index (χ3n) is 4.04. The Hall–Kier alpha value is -2.53. The van der Waals surface area contributed by atoms with Crippen molar-refractivity contribution in [2.75, 3.05) is 11.9 Å². The van der Waals surface area contributed by atoms with Gasteiger partial charge in [0.05, 0.1) is 11.0 Å². The van der Waals surface area contributed by atoms with E-state index in [1.165, 1.54) is 5.56 Å². The fraction of sp³-hybridized carbons (Fsp3) is 0.300. The van der Waals surface area contributed by atoms with Crippen molar-refractivity contribution >= 4 is 34.2 Å². The van der Waals surface area contributed by atoms with E-state index in [1.807, 2.05) is 19.1 Å². The number of benzene rings is 2. The maximum absolute atomic E-state index is 12.3. The molecule has 5 nitrogen and oxygen atoms in total. The molecular formula is C20H22ClN3O2. The second-order valence-corrected chi connectivity index (χ2v) is 7.70. The topological polar surface area (TPSA) is 67.0 Å². The normalized spacial score (nSPS) is 11.6. The number of fused-ring (bicyclic) bond motifs is 1. The summed E-state index contributed by atoms with van der Waals surface area (Å²) in [5.74, 6) is 0.504. The SMILES string of the molecule is Cc1ccc(OCC(=O)Nc2ccc3nc(Cl)[nH]c3c2)c(C(C)(C)C)c1. The Labute approximate surface area is 157 Å². The van der Waals surface area contributed by atoms with Crippen LogP contribution in [0.4, 0.5) is 5.69 Å². The van der Waals surface area contributed by atoms with Gasteiger partial charge in [0.1, 0.15) is 5.75 Å². The Morgan fingerprint density at radius 3 is 2.73 bits per heavy atom. The first-order valence-corrected chi connectivity index (χ1v) is 8.79. The van der Waals surface area contributed by atoms with Crippen LogP contribution in [0.25, 0.3) is 11.0 Å². The molecule has 136 valence electrons. The number of amides is 1. The van der Waals surface area contributed by atoms with E-state index in [0.717, 1.165) is 22.3 Å². The van der Waals surface area contributed by atoms with Gasteiger partial charge in [0.25, 0.3) is 5.91 Å². The first kappa shape index (κ1) is 18.3. The van der Waals surface area contributed by atoms with Gasteiger partial charge in [-0.3, -0.25) is 4.79 Å². The lowest BCUT2D eigenvalue weighted by Gasteiger charge is -2.23. The minimum atomic E-state index is -0.226. The van der Waals surface area contributed by atoms with Crippen molar-refractivity contribution in [1.29, 1.82) is 0 Å². The summed E-state index contributed by atoms with van der Waals surface area (Å²) in [7, 11) is 0. The Morgan fingerprint density at radius 1 is 1.23 bits per heavy atom. The third kappa shape index (κ3) is 4.17. The molecule has 0 fully saturated rings. The number of rotatable bonds is 4. The van der Waals surface area contributed by atoms with E-state index < -0.39 is 0 Å². The molecule has 1 aromatic heterocycles. The zero-order valence-corrected chi connectivity index (χ0v) is 16.1. The van der Waals surface area contributed by atoms with Gasteiger partial charge in [0.2, 0.25) is 5.28 Å². The van der Waals surface area contributed by atoms with Gasteiger partial charge < -0.3 is 15.0 Å². The highest BCUT2D eigenvalue weighted by Gasteiger charge is 2.19. The lowest BCUT2D eigenvalue weighted by molar-refractivity contribution is -0.118. The minimum Gasteiger partial charge on any atom is -0.483 e. The van der Waals surface area contributed by atoms with Crippen LogP contribution in [0.15, 0.2) is 36.4 Å². The fourth-order valence-electron chi connectivity index (χ4n) is 2.75. The van der Waals surface area contributed by atoms with Crippen molar-refractivity contribution in [2.45, 2.75) is 33.1 Å². The van der Waals surface area contributed by atoms with Crippen LogP contribution in [0.3, 0.4) is 0 Å². The van der Waals surface area contributed by atoms with Gasteiger partial charge in [-0.15, -0.1) is 0 Å². The number of nitrogens with zero attached hydrogens (tertiary/aromatic N) is 1. The quantitative estimate of drug-likeness (QED) is 0.689. The number of H-pyrrole nitrogens is 1. The van der Waals surface area contributed by atoms with E-state index in [0.29, 0.717) is 11.0 Å². The molecule has 26 heavy (non-hydrogen) atoms. The number of carbonyl (C=O) groups excluding carboxylic acids is 1. The summed E-state index contributed by atoms with van der Waals surface area (Å²) in [4.78, 5) is 19.3. The molecule has 0 aliphatic carbocycles. The Balaban J connectivity index is 1.69. The summed E-state index contributed by atoms with van der Waals surface area (Å²) < 4.78 is 5.79. The van der Waals surface area contributed by atoms with Crippen molar-refractivity contribution in [1.82, 2.24) is 9.97 Å². The predicted octanol–water partition coefficient (Wildman–Crippen LogP) is 4.84. The molecule has 3 aromatic rings. The fourth-order valence-corrected chi connectivity index (χ4v) is 2.95. The maximum atomic E-state index is 12.3. The molecule has 0 atom stereocenters. The summed E-state index contributed by atoms with van der Waals surface area (Å²) in [5, 5.41) is 3.15. The third-order valence-corrected chi connectivity index (χ3v) is 4.22. The molecule has 0 saturated heterocycles. The Morgan fingerprint density at radius 2 is 2.00 bits per heavy atom. The number of ether oxygens (including phenoxy) is 1. The van der Waals surface area contributed by atoms with E-state index in [4.69, 9.17) is 16.3 Å². The molecule has 2 N–H and O–H groups in total.